The number of carbonyl (C=O) groups excluding carboxylic acids is 1. The number of nitrogens with one attached hydrogen (secondary N) is 2. The molecule has 0 radical (unpaired) electrons. The molecule has 0 saturated heterocycles. The Morgan fingerprint density at radius 2 is 1.80 bits per heavy atom. The number of nitrogens with zero attached hydrogens (tertiary/aromatic N) is 2. The number of anilines is 1. The van der Waals surface area contributed by atoms with Crippen molar-refractivity contribution in [2.75, 3.05) is 11.9 Å². The highest BCUT2D eigenvalue weighted by Gasteiger charge is 2.19. The Morgan fingerprint density at radius 1 is 1.16 bits per heavy atom. The van der Waals surface area contributed by atoms with Gasteiger partial charge in [-0.05, 0) is 29.4 Å². The quantitative estimate of drug-likeness (QED) is 0.815. The minimum absolute atomic E-state index is 0.104. The molecule has 0 spiro atoms. The van der Waals surface area contributed by atoms with E-state index in [2.05, 4.69) is 79.7 Å². The van der Waals surface area contributed by atoms with E-state index in [1.165, 1.54) is 22.5 Å². The monoisotopic (exact) mass is 360 g/mol. The number of benzene rings is 1. The van der Waals surface area contributed by atoms with Gasteiger partial charge in [0.15, 0.2) is 0 Å². The average molecular weight is 361 g/mol. The van der Waals surface area contributed by atoms with Gasteiger partial charge in [-0.3, -0.25) is 10.1 Å². The van der Waals surface area contributed by atoms with Crippen molar-refractivity contribution < 1.29 is 4.79 Å². The van der Waals surface area contributed by atoms with Gasteiger partial charge in [-0.15, -0.1) is 10.2 Å². The Balaban J connectivity index is 1.99. The Labute approximate surface area is 154 Å². The number of aryl methyl sites for hydroxylation is 1. The van der Waals surface area contributed by atoms with Crippen molar-refractivity contribution in [2.24, 2.45) is 5.92 Å². The van der Waals surface area contributed by atoms with Crippen LogP contribution in [0.25, 0.3) is 0 Å². The molecule has 1 atom stereocenters. The molecule has 25 heavy (non-hydrogen) atoms. The Bertz CT molecular complexity index is 701. The summed E-state index contributed by atoms with van der Waals surface area (Å²) in [6.45, 7) is 13.0. The minimum Gasteiger partial charge on any atom is -0.301 e. The fourth-order valence-electron chi connectivity index (χ4n) is 2.64. The van der Waals surface area contributed by atoms with E-state index in [0.29, 0.717) is 11.0 Å². The first-order valence-electron chi connectivity index (χ1n) is 8.60. The smallest absolute Gasteiger partial charge is 0.240 e. The predicted octanol–water partition coefficient (Wildman–Crippen LogP) is 4.07. The fraction of sp³-hybridized carbons (Fsp3) is 0.526. The summed E-state index contributed by atoms with van der Waals surface area (Å²) < 4.78 is 0. The lowest BCUT2D eigenvalue weighted by Gasteiger charge is -2.24. The molecule has 1 amide bonds. The van der Waals surface area contributed by atoms with E-state index in [9.17, 15) is 4.79 Å². The predicted molar refractivity (Wildman–Crippen MR) is 104 cm³/mol. The summed E-state index contributed by atoms with van der Waals surface area (Å²) in [6.07, 6.45) is 0. The molecule has 0 aliphatic rings. The number of rotatable bonds is 6. The Kier molecular flexibility index (Phi) is 6.30. The molecule has 0 aliphatic carbocycles. The molecule has 0 fully saturated rings. The van der Waals surface area contributed by atoms with E-state index in [1.807, 2.05) is 6.92 Å². The molecular formula is C19H28N4OS. The second-order valence-electron chi connectivity index (χ2n) is 7.65. The molecule has 0 aliphatic heterocycles. The highest BCUT2D eigenvalue weighted by Crippen LogP contribution is 2.26. The van der Waals surface area contributed by atoms with Gasteiger partial charge in [-0.1, -0.05) is 70.2 Å². The van der Waals surface area contributed by atoms with Crippen LogP contribution in [0.1, 0.15) is 56.8 Å². The maximum Gasteiger partial charge on any atom is 0.240 e. The van der Waals surface area contributed by atoms with Gasteiger partial charge in [-0.25, -0.2) is 0 Å². The van der Waals surface area contributed by atoms with Crippen molar-refractivity contribution in [3.63, 3.8) is 0 Å². The molecule has 0 bridgehead atoms. The fourth-order valence-corrected chi connectivity index (χ4v) is 3.25. The van der Waals surface area contributed by atoms with Crippen LogP contribution in [-0.4, -0.2) is 22.6 Å². The second kappa shape index (κ2) is 8.06. The molecule has 136 valence electrons. The van der Waals surface area contributed by atoms with Crippen LogP contribution in [0.4, 0.5) is 5.13 Å². The largest absolute Gasteiger partial charge is 0.301 e. The molecule has 1 aromatic carbocycles. The van der Waals surface area contributed by atoms with Crippen LogP contribution in [0.5, 0.6) is 0 Å². The number of amides is 1. The molecule has 1 unspecified atom stereocenters. The normalized spacial score (nSPS) is 13.1. The molecule has 2 rings (SSSR count). The zero-order valence-electron chi connectivity index (χ0n) is 15.9. The summed E-state index contributed by atoms with van der Waals surface area (Å²) in [5.41, 5.74) is 2.64. The highest BCUT2D eigenvalue weighted by molar-refractivity contribution is 7.15. The standard InChI is InChI=1S/C19H28N4OS/c1-12(2)17(14-7-9-15(10-8-14)19(4,5)6)20-11-16(24)21-18-23-22-13(3)25-18/h7-10,12,17,20H,11H2,1-6H3,(H,21,23,24). The maximum absolute atomic E-state index is 12.1. The van der Waals surface area contributed by atoms with E-state index in [4.69, 9.17) is 0 Å². The average Bonchev–Trinajstić information content (AvgIpc) is 2.91. The van der Waals surface area contributed by atoms with Crippen LogP contribution in [0.2, 0.25) is 0 Å². The van der Waals surface area contributed by atoms with Crippen molar-refractivity contribution in [3.05, 3.63) is 40.4 Å². The third-order valence-electron chi connectivity index (χ3n) is 4.06. The van der Waals surface area contributed by atoms with Crippen molar-refractivity contribution >= 4 is 22.4 Å². The molecule has 2 N–H and O–H groups in total. The summed E-state index contributed by atoms with van der Waals surface area (Å²) >= 11 is 1.37. The van der Waals surface area contributed by atoms with Crippen LogP contribution < -0.4 is 10.6 Å². The van der Waals surface area contributed by atoms with Gasteiger partial charge in [-0.2, -0.15) is 0 Å². The Morgan fingerprint density at radius 3 is 2.28 bits per heavy atom. The lowest BCUT2D eigenvalue weighted by Crippen LogP contribution is -2.33. The van der Waals surface area contributed by atoms with E-state index < -0.39 is 0 Å². The summed E-state index contributed by atoms with van der Waals surface area (Å²) in [6, 6.07) is 8.79. The van der Waals surface area contributed by atoms with E-state index in [-0.39, 0.29) is 23.9 Å². The van der Waals surface area contributed by atoms with Crippen molar-refractivity contribution in [1.29, 1.82) is 0 Å². The second-order valence-corrected chi connectivity index (χ2v) is 8.83. The molecule has 1 aromatic heterocycles. The first-order valence-corrected chi connectivity index (χ1v) is 9.42. The van der Waals surface area contributed by atoms with Gasteiger partial charge in [0, 0.05) is 6.04 Å². The Hall–Kier alpha value is -1.79. The van der Waals surface area contributed by atoms with Gasteiger partial charge in [0.2, 0.25) is 11.0 Å². The van der Waals surface area contributed by atoms with Crippen LogP contribution in [0, 0.1) is 12.8 Å². The van der Waals surface area contributed by atoms with Crippen LogP contribution in [0.15, 0.2) is 24.3 Å². The first kappa shape index (κ1) is 19.5. The number of aromatic nitrogens is 2. The van der Waals surface area contributed by atoms with Crippen molar-refractivity contribution in [2.45, 2.75) is 53.0 Å². The molecule has 0 saturated carbocycles. The van der Waals surface area contributed by atoms with Gasteiger partial charge in [0.05, 0.1) is 6.54 Å². The SMILES string of the molecule is Cc1nnc(NC(=O)CNC(c2ccc(C(C)(C)C)cc2)C(C)C)s1. The third kappa shape index (κ3) is 5.61. The lowest BCUT2D eigenvalue weighted by molar-refractivity contribution is -0.115. The molecule has 1 heterocycles. The van der Waals surface area contributed by atoms with Crippen LogP contribution in [0.3, 0.4) is 0 Å². The summed E-state index contributed by atoms with van der Waals surface area (Å²) in [5.74, 6) is 0.269. The molecule has 6 heteroatoms. The van der Waals surface area contributed by atoms with Gasteiger partial charge in [0.1, 0.15) is 5.01 Å². The van der Waals surface area contributed by atoms with Crippen LogP contribution >= 0.6 is 11.3 Å². The molecule has 2 aromatic rings. The maximum atomic E-state index is 12.1. The van der Waals surface area contributed by atoms with Gasteiger partial charge >= 0.3 is 0 Å². The first-order chi connectivity index (χ1) is 11.7. The summed E-state index contributed by atoms with van der Waals surface area (Å²) in [5, 5.41) is 15.3. The number of hydrogen-bond acceptors (Lipinski definition) is 5. The summed E-state index contributed by atoms with van der Waals surface area (Å²) in [7, 11) is 0. The third-order valence-corrected chi connectivity index (χ3v) is 4.81. The van der Waals surface area contributed by atoms with E-state index in [0.717, 1.165) is 5.01 Å². The minimum atomic E-state index is -0.104. The molecular weight excluding hydrogens is 332 g/mol. The van der Waals surface area contributed by atoms with Gasteiger partial charge < -0.3 is 5.32 Å². The lowest BCUT2D eigenvalue weighted by atomic mass is 9.85. The summed E-state index contributed by atoms with van der Waals surface area (Å²) in [4.78, 5) is 12.1. The van der Waals surface area contributed by atoms with Crippen LogP contribution in [-0.2, 0) is 10.2 Å². The van der Waals surface area contributed by atoms with Crippen molar-refractivity contribution in [1.82, 2.24) is 15.5 Å². The molecule has 5 nitrogen and oxygen atoms in total. The van der Waals surface area contributed by atoms with E-state index >= 15 is 0 Å². The highest BCUT2D eigenvalue weighted by atomic mass is 32.1. The zero-order chi connectivity index (χ0) is 18.6. The zero-order valence-corrected chi connectivity index (χ0v) is 16.7. The van der Waals surface area contributed by atoms with Crippen molar-refractivity contribution in [3.8, 4) is 0 Å². The number of carbonyl (C=O) groups is 1. The van der Waals surface area contributed by atoms with E-state index in [1.54, 1.807) is 0 Å². The topological polar surface area (TPSA) is 66.9 Å². The number of hydrogen-bond donors (Lipinski definition) is 2. The van der Waals surface area contributed by atoms with Gasteiger partial charge in [0.25, 0.3) is 0 Å².